The third-order valence-corrected chi connectivity index (χ3v) is 3.96. The van der Waals surface area contributed by atoms with E-state index in [2.05, 4.69) is 17.4 Å². The van der Waals surface area contributed by atoms with Crippen molar-refractivity contribution in [3.8, 4) is 0 Å². The third kappa shape index (κ3) is 4.77. The van der Waals surface area contributed by atoms with Gasteiger partial charge in [0.2, 0.25) is 10.0 Å². The van der Waals surface area contributed by atoms with Gasteiger partial charge >= 0.3 is 0 Å². The van der Waals surface area contributed by atoms with Gasteiger partial charge in [0.25, 0.3) is 0 Å². The molecule has 0 bridgehead atoms. The molecule has 0 aliphatic heterocycles. The number of hydrogen-bond acceptors (Lipinski definition) is 4. The molecule has 2 aromatic carbocycles. The second-order valence-corrected chi connectivity index (χ2v) is 6.41. The molecule has 5 N–H and O–H groups in total. The molecule has 0 aromatic heterocycles. The van der Waals surface area contributed by atoms with Gasteiger partial charge in [0.15, 0.2) is 0 Å². The van der Waals surface area contributed by atoms with Crippen molar-refractivity contribution in [3.05, 3.63) is 54.1 Å². The summed E-state index contributed by atoms with van der Waals surface area (Å²) in [6.07, 6.45) is 1.89. The Labute approximate surface area is 125 Å². The summed E-state index contributed by atoms with van der Waals surface area (Å²) in [6.45, 7) is 0.725. The molecule has 5 nitrogen and oxygen atoms in total. The van der Waals surface area contributed by atoms with Crippen LogP contribution in [0.3, 0.4) is 0 Å². The van der Waals surface area contributed by atoms with Gasteiger partial charge in [0.05, 0.1) is 4.90 Å². The van der Waals surface area contributed by atoms with E-state index in [0.29, 0.717) is 11.4 Å². The standard InChI is InChI=1S/C15H19N3O2S/c16-13-9-14(11-15(10-13)21(17,19)20)18-8-4-7-12-5-2-1-3-6-12/h1-3,5-6,9-11,18H,4,7-8,16H2,(H2,17,19,20). The quantitative estimate of drug-likeness (QED) is 0.561. The van der Waals surface area contributed by atoms with E-state index in [1.165, 1.54) is 17.7 Å². The minimum atomic E-state index is -3.74. The zero-order chi connectivity index (χ0) is 15.3. The summed E-state index contributed by atoms with van der Waals surface area (Å²) in [5.74, 6) is 0. The Bertz CT molecular complexity index is 700. The molecular weight excluding hydrogens is 286 g/mol. The predicted molar refractivity (Wildman–Crippen MR) is 85.5 cm³/mol. The number of anilines is 2. The van der Waals surface area contributed by atoms with E-state index in [0.717, 1.165) is 19.4 Å². The maximum Gasteiger partial charge on any atom is 0.238 e. The average molecular weight is 305 g/mol. The Balaban J connectivity index is 1.93. The Morgan fingerprint density at radius 3 is 2.43 bits per heavy atom. The first-order chi connectivity index (χ1) is 9.95. The molecule has 21 heavy (non-hydrogen) atoms. The first kappa shape index (κ1) is 15.3. The lowest BCUT2D eigenvalue weighted by molar-refractivity contribution is 0.598. The molecule has 2 rings (SSSR count). The fourth-order valence-corrected chi connectivity index (χ4v) is 2.65. The second kappa shape index (κ2) is 6.60. The summed E-state index contributed by atoms with van der Waals surface area (Å²) in [4.78, 5) is 0.0214. The van der Waals surface area contributed by atoms with Crippen molar-refractivity contribution in [2.75, 3.05) is 17.6 Å². The van der Waals surface area contributed by atoms with E-state index in [-0.39, 0.29) is 4.90 Å². The maximum absolute atomic E-state index is 11.3. The van der Waals surface area contributed by atoms with Crippen molar-refractivity contribution in [1.82, 2.24) is 0 Å². The molecule has 0 atom stereocenters. The summed E-state index contributed by atoms with van der Waals surface area (Å²) >= 11 is 0. The average Bonchev–Trinajstić information content (AvgIpc) is 2.43. The number of nitrogen functional groups attached to an aromatic ring is 1. The number of benzene rings is 2. The van der Waals surface area contributed by atoms with Gasteiger partial charge in [-0.2, -0.15) is 0 Å². The van der Waals surface area contributed by atoms with Crippen LogP contribution in [0, 0.1) is 0 Å². The van der Waals surface area contributed by atoms with Crippen LogP contribution < -0.4 is 16.2 Å². The van der Waals surface area contributed by atoms with E-state index in [1.54, 1.807) is 6.07 Å². The summed E-state index contributed by atoms with van der Waals surface area (Å²) in [5.41, 5.74) is 7.99. The molecule has 6 heteroatoms. The van der Waals surface area contributed by atoms with Crippen molar-refractivity contribution in [3.63, 3.8) is 0 Å². The van der Waals surface area contributed by atoms with E-state index < -0.39 is 10.0 Å². The van der Waals surface area contributed by atoms with Crippen LogP contribution >= 0.6 is 0 Å². The molecule has 0 spiro atoms. The Morgan fingerprint density at radius 1 is 1.05 bits per heavy atom. The molecule has 0 amide bonds. The van der Waals surface area contributed by atoms with E-state index >= 15 is 0 Å². The molecule has 0 aliphatic rings. The first-order valence-corrected chi connectivity index (χ1v) is 8.21. The molecule has 0 fully saturated rings. The van der Waals surface area contributed by atoms with Crippen molar-refractivity contribution < 1.29 is 8.42 Å². The van der Waals surface area contributed by atoms with Crippen molar-refractivity contribution in [2.24, 2.45) is 5.14 Å². The highest BCUT2D eigenvalue weighted by Crippen LogP contribution is 2.19. The SMILES string of the molecule is Nc1cc(NCCCc2ccccc2)cc(S(N)(=O)=O)c1. The van der Waals surface area contributed by atoms with Crippen LogP contribution in [0.2, 0.25) is 0 Å². The highest BCUT2D eigenvalue weighted by atomic mass is 32.2. The second-order valence-electron chi connectivity index (χ2n) is 4.85. The van der Waals surface area contributed by atoms with Gasteiger partial charge in [-0.15, -0.1) is 0 Å². The van der Waals surface area contributed by atoms with Crippen LogP contribution in [0.5, 0.6) is 0 Å². The fourth-order valence-electron chi connectivity index (χ4n) is 2.06. The number of sulfonamides is 1. The molecule has 112 valence electrons. The molecule has 0 heterocycles. The molecule has 0 aliphatic carbocycles. The van der Waals surface area contributed by atoms with Gasteiger partial charge < -0.3 is 11.1 Å². The number of aryl methyl sites for hydroxylation is 1. The number of nitrogens with two attached hydrogens (primary N) is 2. The normalized spacial score (nSPS) is 11.3. The molecular formula is C15H19N3O2S. The van der Waals surface area contributed by atoms with Crippen LogP contribution in [0.4, 0.5) is 11.4 Å². The zero-order valence-corrected chi connectivity index (χ0v) is 12.4. The van der Waals surface area contributed by atoms with Gasteiger partial charge in [-0.3, -0.25) is 0 Å². The van der Waals surface area contributed by atoms with Crippen molar-refractivity contribution in [2.45, 2.75) is 17.7 Å². The summed E-state index contributed by atoms with van der Waals surface area (Å²) in [7, 11) is -3.74. The lowest BCUT2D eigenvalue weighted by atomic mass is 10.1. The lowest BCUT2D eigenvalue weighted by Gasteiger charge is -2.09. The molecule has 0 saturated heterocycles. The van der Waals surface area contributed by atoms with Crippen LogP contribution in [0.25, 0.3) is 0 Å². The van der Waals surface area contributed by atoms with Gasteiger partial charge in [-0.1, -0.05) is 30.3 Å². The number of primary sulfonamides is 1. The Hall–Kier alpha value is -2.05. The largest absolute Gasteiger partial charge is 0.399 e. The molecule has 2 aromatic rings. The number of nitrogens with one attached hydrogen (secondary N) is 1. The van der Waals surface area contributed by atoms with Gasteiger partial charge in [-0.05, 0) is 36.6 Å². The molecule has 0 unspecified atom stereocenters. The first-order valence-electron chi connectivity index (χ1n) is 6.66. The van der Waals surface area contributed by atoms with Crippen molar-refractivity contribution in [1.29, 1.82) is 0 Å². The van der Waals surface area contributed by atoms with Crippen LogP contribution in [0.1, 0.15) is 12.0 Å². The monoisotopic (exact) mass is 305 g/mol. The molecule has 0 saturated carbocycles. The van der Waals surface area contributed by atoms with Crippen LogP contribution in [0.15, 0.2) is 53.4 Å². The lowest BCUT2D eigenvalue weighted by Crippen LogP contribution is -2.13. The van der Waals surface area contributed by atoms with E-state index in [1.807, 2.05) is 18.2 Å². The summed E-state index contributed by atoms with van der Waals surface area (Å²) in [5, 5.41) is 8.28. The summed E-state index contributed by atoms with van der Waals surface area (Å²) < 4.78 is 22.7. The zero-order valence-electron chi connectivity index (χ0n) is 11.6. The topological polar surface area (TPSA) is 98.2 Å². The minimum absolute atomic E-state index is 0.0214. The van der Waals surface area contributed by atoms with E-state index in [4.69, 9.17) is 10.9 Å². The van der Waals surface area contributed by atoms with E-state index in [9.17, 15) is 8.42 Å². The van der Waals surface area contributed by atoms with Crippen LogP contribution in [-0.2, 0) is 16.4 Å². The maximum atomic E-state index is 11.3. The third-order valence-electron chi connectivity index (χ3n) is 3.07. The predicted octanol–water partition coefficient (Wildman–Crippen LogP) is 1.96. The van der Waals surface area contributed by atoms with Crippen molar-refractivity contribution >= 4 is 21.4 Å². The van der Waals surface area contributed by atoms with Gasteiger partial charge in [0, 0.05) is 17.9 Å². The fraction of sp³-hybridized carbons (Fsp3) is 0.200. The summed E-state index contributed by atoms with van der Waals surface area (Å²) in [6, 6.07) is 14.7. The smallest absolute Gasteiger partial charge is 0.238 e. The Morgan fingerprint density at radius 2 is 1.76 bits per heavy atom. The Kier molecular flexibility index (Phi) is 4.82. The highest BCUT2D eigenvalue weighted by molar-refractivity contribution is 7.89. The van der Waals surface area contributed by atoms with Crippen LogP contribution in [-0.4, -0.2) is 15.0 Å². The van der Waals surface area contributed by atoms with Gasteiger partial charge in [0.1, 0.15) is 0 Å². The minimum Gasteiger partial charge on any atom is -0.399 e. The highest BCUT2D eigenvalue weighted by Gasteiger charge is 2.09. The van der Waals surface area contributed by atoms with Gasteiger partial charge in [-0.25, -0.2) is 13.6 Å². The number of rotatable bonds is 6. The number of hydrogen-bond donors (Lipinski definition) is 3. The molecule has 0 radical (unpaired) electrons.